The second-order valence-electron chi connectivity index (χ2n) is 3.92. The Labute approximate surface area is 97.9 Å². The molecule has 7 heteroatoms. The quantitative estimate of drug-likeness (QED) is 0.334. The van der Waals surface area contributed by atoms with E-state index in [1.54, 1.807) is 0 Å². The third-order valence-corrected chi connectivity index (χ3v) is 2.41. The molecule has 0 aromatic heterocycles. The van der Waals surface area contributed by atoms with E-state index in [-0.39, 0.29) is 12.2 Å². The minimum atomic E-state index is -1.64. The van der Waals surface area contributed by atoms with E-state index < -0.39 is 36.7 Å². The van der Waals surface area contributed by atoms with Gasteiger partial charge in [-0.15, -0.1) is 0 Å². The molecule has 0 aliphatic carbocycles. The normalized spacial score (nSPS) is 37.6. The van der Waals surface area contributed by atoms with Crippen molar-refractivity contribution in [2.75, 3.05) is 6.61 Å². The van der Waals surface area contributed by atoms with Crippen molar-refractivity contribution in [3.63, 3.8) is 0 Å². The molecule has 0 unspecified atom stereocenters. The summed E-state index contributed by atoms with van der Waals surface area (Å²) in [5.41, 5.74) is 0.177. The molecule has 0 aromatic rings. The number of hydrogen-bond acceptors (Lipinski definition) is 7. The van der Waals surface area contributed by atoms with Gasteiger partial charge in [0.2, 0.25) is 0 Å². The lowest BCUT2D eigenvalue weighted by Gasteiger charge is -2.37. The van der Waals surface area contributed by atoms with Gasteiger partial charge in [0.25, 0.3) is 0 Å². The molecule has 7 nitrogen and oxygen atoms in total. The van der Waals surface area contributed by atoms with Crippen LogP contribution in [0.15, 0.2) is 12.2 Å². The lowest BCUT2D eigenvalue weighted by molar-refractivity contribution is -0.287. The number of hydrogen-bond donors (Lipinski definition) is 4. The molecular weight excluding hydrogens is 232 g/mol. The topological polar surface area (TPSA) is 116 Å². The minimum absolute atomic E-state index is 0.177. The van der Waals surface area contributed by atoms with Gasteiger partial charge in [-0.3, -0.25) is 0 Å². The predicted octanol–water partition coefficient (Wildman–Crippen LogP) is -2.09. The molecule has 1 aliphatic rings. The van der Waals surface area contributed by atoms with Crippen LogP contribution in [-0.4, -0.2) is 63.7 Å². The van der Waals surface area contributed by atoms with Crippen LogP contribution in [0.4, 0.5) is 0 Å². The molecule has 5 atom stereocenters. The number of ether oxygens (including phenoxy) is 2. The molecule has 0 saturated carbocycles. The lowest BCUT2D eigenvalue weighted by atomic mass is 9.99. The van der Waals surface area contributed by atoms with Crippen LogP contribution in [0.1, 0.15) is 6.92 Å². The number of carbonyl (C=O) groups excluding carboxylic acids is 1. The monoisotopic (exact) mass is 248 g/mol. The first-order valence-corrected chi connectivity index (χ1v) is 5.05. The van der Waals surface area contributed by atoms with Gasteiger partial charge in [0.05, 0.1) is 0 Å². The molecule has 1 aliphatic heterocycles. The van der Waals surface area contributed by atoms with E-state index >= 15 is 0 Å². The van der Waals surface area contributed by atoms with Crippen LogP contribution in [0.2, 0.25) is 0 Å². The fourth-order valence-electron chi connectivity index (χ4n) is 1.35. The summed E-state index contributed by atoms with van der Waals surface area (Å²) < 4.78 is 9.52. The molecule has 0 radical (unpaired) electrons. The lowest BCUT2D eigenvalue weighted by Crippen LogP contribution is -2.58. The van der Waals surface area contributed by atoms with Gasteiger partial charge in [0.1, 0.15) is 31.0 Å². The van der Waals surface area contributed by atoms with Crippen LogP contribution < -0.4 is 0 Å². The van der Waals surface area contributed by atoms with Crippen molar-refractivity contribution >= 4 is 5.97 Å². The molecule has 0 bridgehead atoms. The van der Waals surface area contributed by atoms with Crippen molar-refractivity contribution < 1.29 is 34.7 Å². The maximum Gasteiger partial charge on any atom is 0.333 e. The fraction of sp³-hybridized carbons (Fsp3) is 0.700. The van der Waals surface area contributed by atoms with Gasteiger partial charge in [0, 0.05) is 5.57 Å². The molecule has 1 saturated heterocycles. The molecule has 1 heterocycles. The summed E-state index contributed by atoms with van der Waals surface area (Å²) in [7, 11) is 0. The fourth-order valence-corrected chi connectivity index (χ4v) is 1.35. The van der Waals surface area contributed by atoms with Crippen LogP contribution in [0.5, 0.6) is 0 Å². The first-order chi connectivity index (χ1) is 7.84. The molecule has 1 rings (SSSR count). The molecular formula is C10H16O7. The molecule has 98 valence electrons. The van der Waals surface area contributed by atoms with Crippen molar-refractivity contribution in [1.29, 1.82) is 0 Å². The molecule has 0 spiro atoms. The molecule has 1 fully saturated rings. The highest BCUT2D eigenvalue weighted by atomic mass is 16.6. The Balaban J connectivity index is 2.54. The summed E-state index contributed by atoms with van der Waals surface area (Å²) in [4.78, 5) is 11.1. The molecule has 17 heavy (non-hydrogen) atoms. The Hall–Kier alpha value is -0.990. The summed E-state index contributed by atoms with van der Waals surface area (Å²) in [6.07, 6.45) is -7.36. The van der Waals surface area contributed by atoms with E-state index in [0.29, 0.717) is 0 Å². The molecule has 0 amide bonds. The van der Waals surface area contributed by atoms with E-state index in [0.717, 1.165) is 0 Å². The highest BCUT2D eigenvalue weighted by Gasteiger charge is 2.43. The second kappa shape index (κ2) is 5.56. The summed E-state index contributed by atoms with van der Waals surface area (Å²) in [6, 6.07) is 0. The second-order valence-corrected chi connectivity index (χ2v) is 3.92. The highest BCUT2D eigenvalue weighted by Crippen LogP contribution is 2.20. The Kier molecular flexibility index (Phi) is 4.61. The van der Waals surface area contributed by atoms with E-state index in [9.17, 15) is 25.2 Å². The van der Waals surface area contributed by atoms with Gasteiger partial charge >= 0.3 is 5.97 Å². The number of esters is 1. The zero-order valence-corrected chi connectivity index (χ0v) is 9.31. The van der Waals surface area contributed by atoms with Crippen LogP contribution in [0, 0.1) is 0 Å². The van der Waals surface area contributed by atoms with E-state index in [2.05, 4.69) is 6.58 Å². The zero-order valence-electron chi connectivity index (χ0n) is 9.31. The van der Waals surface area contributed by atoms with Gasteiger partial charge in [-0.2, -0.15) is 0 Å². The van der Waals surface area contributed by atoms with Crippen molar-refractivity contribution in [2.24, 2.45) is 0 Å². The number of rotatable bonds is 3. The smallest absolute Gasteiger partial charge is 0.333 e. The van der Waals surface area contributed by atoms with Gasteiger partial charge in [-0.25, -0.2) is 4.79 Å². The Bertz CT molecular complexity index is 303. The summed E-state index contributed by atoms with van der Waals surface area (Å²) >= 11 is 0. The zero-order chi connectivity index (χ0) is 13.2. The van der Waals surface area contributed by atoms with E-state index in [1.165, 1.54) is 6.92 Å². The number of aliphatic hydroxyl groups is 4. The molecule has 0 aromatic carbocycles. The van der Waals surface area contributed by atoms with Crippen molar-refractivity contribution in [3.8, 4) is 0 Å². The van der Waals surface area contributed by atoms with Gasteiger partial charge in [0.15, 0.2) is 6.29 Å². The van der Waals surface area contributed by atoms with Crippen LogP contribution >= 0.6 is 0 Å². The Morgan fingerprint density at radius 2 is 1.82 bits per heavy atom. The SMILES string of the molecule is C=C(C)C(=O)OC[C@H]1O[C@@H](O)[C@H](O)[C@@H](O)[C@H]1O. The third-order valence-electron chi connectivity index (χ3n) is 2.41. The first kappa shape index (κ1) is 14.1. The van der Waals surface area contributed by atoms with Gasteiger partial charge in [-0.1, -0.05) is 6.58 Å². The van der Waals surface area contributed by atoms with Gasteiger partial charge in [-0.05, 0) is 6.92 Å². The average molecular weight is 248 g/mol. The van der Waals surface area contributed by atoms with E-state index in [4.69, 9.17) is 9.47 Å². The number of aliphatic hydroxyl groups excluding tert-OH is 4. The molecule has 4 N–H and O–H groups in total. The largest absolute Gasteiger partial charge is 0.459 e. The average Bonchev–Trinajstić information content (AvgIpc) is 2.28. The standard InChI is InChI=1S/C10H16O7/c1-4(2)9(14)16-3-5-6(11)7(12)8(13)10(15)17-5/h5-8,10-13,15H,1,3H2,2H3/t5-,6+,7+,8-,10-/m1/s1. The van der Waals surface area contributed by atoms with Crippen molar-refractivity contribution in [3.05, 3.63) is 12.2 Å². The predicted molar refractivity (Wildman–Crippen MR) is 54.7 cm³/mol. The summed E-state index contributed by atoms with van der Waals surface area (Å²) in [5.74, 6) is -0.670. The maximum atomic E-state index is 11.1. The highest BCUT2D eigenvalue weighted by molar-refractivity contribution is 5.86. The van der Waals surface area contributed by atoms with Crippen LogP contribution in [0.25, 0.3) is 0 Å². The Morgan fingerprint density at radius 1 is 1.24 bits per heavy atom. The maximum absolute atomic E-state index is 11.1. The summed E-state index contributed by atoms with van der Waals surface area (Å²) in [6.45, 7) is 4.46. The van der Waals surface area contributed by atoms with E-state index in [1.807, 2.05) is 0 Å². The van der Waals surface area contributed by atoms with Crippen LogP contribution in [-0.2, 0) is 14.3 Å². The minimum Gasteiger partial charge on any atom is -0.459 e. The van der Waals surface area contributed by atoms with Crippen molar-refractivity contribution in [2.45, 2.75) is 37.6 Å². The van der Waals surface area contributed by atoms with Gasteiger partial charge < -0.3 is 29.9 Å². The van der Waals surface area contributed by atoms with Crippen LogP contribution in [0.3, 0.4) is 0 Å². The number of carbonyl (C=O) groups is 1. The summed E-state index contributed by atoms with van der Waals surface area (Å²) in [5, 5.41) is 37.3. The van der Waals surface area contributed by atoms with Crippen molar-refractivity contribution in [1.82, 2.24) is 0 Å². The third kappa shape index (κ3) is 3.24. The first-order valence-electron chi connectivity index (χ1n) is 5.05. The Morgan fingerprint density at radius 3 is 2.35 bits per heavy atom.